The third-order valence-corrected chi connectivity index (χ3v) is 4.30. The summed E-state index contributed by atoms with van der Waals surface area (Å²) in [4.78, 5) is 12.4. The summed E-state index contributed by atoms with van der Waals surface area (Å²) in [5.41, 5.74) is 0.982. The van der Waals surface area contributed by atoms with Crippen LogP contribution in [-0.4, -0.2) is 18.2 Å². The fourth-order valence-electron chi connectivity index (χ4n) is 2.16. The van der Waals surface area contributed by atoms with E-state index in [9.17, 15) is 9.90 Å². The zero-order valence-corrected chi connectivity index (χ0v) is 11.6. The Labute approximate surface area is 120 Å². The van der Waals surface area contributed by atoms with Crippen molar-refractivity contribution in [3.8, 4) is 16.2 Å². The lowest BCUT2D eigenvalue weighted by atomic mass is 10.1. The molecule has 0 atom stereocenters. The van der Waals surface area contributed by atoms with E-state index in [1.807, 2.05) is 30.3 Å². The van der Waals surface area contributed by atoms with Gasteiger partial charge in [0.15, 0.2) is 0 Å². The van der Waals surface area contributed by atoms with Gasteiger partial charge in [0.2, 0.25) is 0 Å². The smallest absolute Gasteiger partial charge is 0.336 e. The number of fused-ring (bicyclic) bond motifs is 1. The molecule has 3 aromatic rings. The molecule has 0 amide bonds. The van der Waals surface area contributed by atoms with Gasteiger partial charge in [0, 0.05) is 15.1 Å². The zero-order chi connectivity index (χ0) is 14.1. The number of hydrogen-bond acceptors (Lipinski definition) is 3. The molecule has 1 aromatic heterocycles. The SMILES string of the molecule is COc1ccc(-c2cc3ccccc3s2)c(C(=O)O)c1. The molecular weight excluding hydrogens is 272 g/mol. The summed E-state index contributed by atoms with van der Waals surface area (Å²) in [6, 6.07) is 15.2. The standard InChI is InChI=1S/C16H12O3S/c1-19-11-6-7-12(13(9-11)16(17)18)15-8-10-4-2-3-5-14(10)20-15/h2-9H,1H3,(H,17,18). The largest absolute Gasteiger partial charge is 0.497 e. The van der Waals surface area contributed by atoms with E-state index in [1.165, 1.54) is 7.11 Å². The van der Waals surface area contributed by atoms with E-state index in [0.29, 0.717) is 5.75 Å². The number of benzene rings is 2. The Kier molecular flexibility index (Phi) is 3.16. The van der Waals surface area contributed by atoms with Crippen molar-refractivity contribution < 1.29 is 14.6 Å². The number of thiophene rings is 1. The minimum atomic E-state index is -0.948. The molecule has 3 rings (SSSR count). The second-order valence-electron chi connectivity index (χ2n) is 4.37. The van der Waals surface area contributed by atoms with Crippen LogP contribution >= 0.6 is 11.3 Å². The lowest BCUT2D eigenvalue weighted by Crippen LogP contribution is -1.99. The molecule has 1 heterocycles. The summed E-state index contributed by atoms with van der Waals surface area (Å²) in [6.07, 6.45) is 0. The molecule has 0 saturated heterocycles. The van der Waals surface area contributed by atoms with Crippen LogP contribution in [-0.2, 0) is 0 Å². The van der Waals surface area contributed by atoms with Crippen molar-refractivity contribution in [2.24, 2.45) is 0 Å². The van der Waals surface area contributed by atoms with Crippen molar-refractivity contribution in [3.05, 3.63) is 54.1 Å². The molecule has 0 aliphatic heterocycles. The first-order valence-corrected chi connectivity index (χ1v) is 6.91. The van der Waals surface area contributed by atoms with E-state index in [2.05, 4.69) is 0 Å². The molecule has 20 heavy (non-hydrogen) atoms. The second-order valence-corrected chi connectivity index (χ2v) is 5.45. The number of carbonyl (C=O) groups is 1. The molecule has 0 aliphatic rings. The van der Waals surface area contributed by atoms with E-state index in [4.69, 9.17) is 4.74 Å². The number of rotatable bonds is 3. The molecule has 0 unspecified atom stereocenters. The van der Waals surface area contributed by atoms with Crippen LogP contribution in [0.5, 0.6) is 5.75 Å². The van der Waals surface area contributed by atoms with E-state index in [1.54, 1.807) is 29.5 Å². The van der Waals surface area contributed by atoms with Crippen LogP contribution in [0.1, 0.15) is 10.4 Å². The van der Waals surface area contributed by atoms with Gasteiger partial charge in [-0.2, -0.15) is 0 Å². The molecule has 2 aromatic carbocycles. The molecule has 0 aliphatic carbocycles. The van der Waals surface area contributed by atoms with Crippen LogP contribution < -0.4 is 4.74 Å². The minimum absolute atomic E-state index is 0.260. The highest BCUT2D eigenvalue weighted by atomic mass is 32.1. The summed E-state index contributed by atoms with van der Waals surface area (Å²) in [7, 11) is 1.53. The van der Waals surface area contributed by atoms with Gasteiger partial charge >= 0.3 is 5.97 Å². The normalized spacial score (nSPS) is 10.7. The van der Waals surface area contributed by atoms with E-state index in [-0.39, 0.29) is 5.56 Å². The maximum atomic E-state index is 11.4. The maximum Gasteiger partial charge on any atom is 0.336 e. The molecule has 0 radical (unpaired) electrons. The van der Waals surface area contributed by atoms with Gasteiger partial charge in [0.1, 0.15) is 5.75 Å². The average Bonchev–Trinajstić information content (AvgIpc) is 2.90. The summed E-state index contributed by atoms with van der Waals surface area (Å²) in [6.45, 7) is 0. The third-order valence-electron chi connectivity index (χ3n) is 3.15. The van der Waals surface area contributed by atoms with Crippen molar-refractivity contribution in [3.63, 3.8) is 0 Å². The molecule has 0 saturated carbocycles. The predicted octanol–water partition coefficient (Wildman–Crippen LogP) is 4.28. The van der Waals surface area contributed by atoms with E-state index >= 15 is 0 Å². The Balaban J connectivity index is 2.20. The second kappa shape index (κ2) is 4.98. The number of aromatic carboxylic acids is 1. The highest BCUT2D eigenvalue weighted by Crippen LogP contribution is 2.36. The lowest BCUT2D eigenvalue weighted by Gasteiger charge is -2.06. The number of ether oxygens (including phenoxy) is 1. The number of carboxylic acids is 1. The fraction of sp³-hybridized carbons (Fsp3) is 0.0625. The Morgan fingerprint density at radius 2 is 1.95 bits per heavy atom. The Bertz CT molecular complexity index is 756. The molecule has 1 N–H and O–H groups in total. The van der Waals surface area contributed by atoms with Crippen LogP contribution in [0, 0.1) is 0 Å². The zero-order valence-electron chi connectivity index (χ0n) is 10.8. The van der Waals surface area contributed by atoms with E-state index in [0.717, 1.165) is 20.5 Å². The van der Waals surface area contributed by atoms with Gasteiger partial charge < -0.3 is 9.84 Å². The van der Waals surface area contributed by atoms with Gasteiger partial charge in [-0.05, 0) is 35.7 Å². The van der Waals surface area contributed by atoms with Gasteiger partial charge in [-0.3, -0.25) is 0 Å². The van der Waals surface area contributed by atoms with Crippen LogP contribution in [0.3, 0.4) is 0 Å². The Morgan fingerprint density at radius 3 is 2.65 bits per heavy atom. The topological polar surface area (TPSA) is 46.5 Å². The van der Waals surface area contributed by atoms with Crippen molar-refractivity contribution in [2.45, 2.75) is 0 Å². The fourth-order valence-corrected chi connectivity index (χ4v) is 3.26. The first-order chi connectivity index (χ1) is 9.69. The highest BCUT2D eigenvalue weighted by Gasteiger charge is 2.15. The van der Waals surface area contributed by atoms with E-state index < -0.39 is 5.97 Å². The maximum absolute atomic E-state index is 11.4. The first-order valence-electron chi connectivity index (χ1n) is 6.09. The van der Waals surface area contributed by atoms with Crippen LogP contribution in [0.4, 0.5) is 0 Å². The van der Waals surface area contributed by atoms with Gasteiger partial charge in [-0.1, -0.05) is 18.2 Å². The minimum Gasteiger partial charge on any atom is -0.497 e. The molecule has 3 nitrogen and oxygen atoms in total. The number of hydrogen-bond donors (Lipinski definition) is 1. The molecule has 100 valence electrons. The highest BCUT2D eigenvalue weighted by molar-refractivity contribution is 7.22. The van der Waals surface area contributed by atoms with Gasteiger partial charge in [0.25, 0.3) is 0 Å². The summed E-state index contributed by atoms with van der Waals surface area (Å²) in [5.74, 6) is -0.399. The van der Waals surface area contributed by atoms with Crippen molar-refractivity contribution >= 4 is 27.4 Å². The van der Waals surface area contributed by atoms with Crippen LogP contribution in [0.25, 0.3) is 20.5 Å². The molecular formula is C16H12O3S. The molecule has 0 fully saturated rings. The van der Waals surface area contributed by atoms with Gasteiger partial charge in [0.05, 0.1) is 12.7 Å². The number of methoxy groups -OCH3 is 1. The predicted molar refractivity (Wildman–Crippen MR) is 80.8 cm³/mol. The van der Waals surface area contributed by atoms with Crippen molar-refractivity contribution in [1.29, 1.82) is 0 Å². The molecule has 0 bridgehead atoms. The van der Waals surface area contributed by atoms with Gasteiger partial charge in [-0.15, -0.1) is 11.3 Å². The quantitative estimate of drug-likeness (QED) is 0.781. The van der Waals surface area contributed by atoms with Crippen LogP contribution in [0.2, 0.25) is 0 Å². The summed E-state index contributed by atoms with van der Waals surface area (Å²) in [5, 5.41) is 10.5. The van der Waals surface area contributed by atoms with Crippen molar-refractivity contribution in [2.75, 3.05) is 7.11 Å². The summed E-state index contributed by atoms with van der Waals surface area (Å²) >= 11 is 1.59. The van der Waals surface area contributed by atoms with Crippen LogP contribution in [0.15, 0.2) is 48.5 Å². The van der Waals surface area contributed by atoms with Crippen molar-refractivity contribution in [1.82, 2.24) is 0 Å². The molecule has 4 heteroatoms. The van der Waals surface area contributed by atoms with Gasteiger partial charge in [-0.25, -0.2) is 4.79 Å². The summed E-state index contributed by atoms with van der Waals surface area (Å²) < 4.78 is 6.24. The Morgan fingerprint density at radius 1 is 1.15 bits per heavy atom. The first kappa shape index (κ1) is 12.7. The third kappa shape index (κ3) is 2.14. The lowest BCUT2D eigenvalue weighted by molar-refractivity contribution is 0.0697. The average molecular weight is 284 g/mol. The number of carboxylic acid groups (broad SMARTS) is 1. The molecule has 0 spiro atoms. The Hall–Kier alpha value is -2.33. The monoisotopic (exact) mass is 284 g/mol.